The van der Waals surface area contributed by atoms with Gasteiger partial charge in [-0.15, -0.1) is 0 Å². The number of carbonyl (C=O) groups excluding carboxylic acids is 1. The minimum Gasteiger partial charge on any atom is -0.539 e. The number of halogens is 1. The molecule has 0 bridgehead atoms. The van der Waals surface area contributed by atoms with Gasteiger partial charge >= 0.3 is 0 Å². The second-order valence-corrected chi connectivity index (χ2v) is 8.34. The summed E-state index contributed by atoms with van der Waals surface area (Å²) < 4.78 is 6.73. The van der Waals surface area contributed by atoms with Crippen molar-refractivity contribution < 1.29 is 9.22 Å². The highest BCUT2D eigenvalue weighted by Gasteiger charge is 2.31. The van der Waals surface area contributed by atoms with E-state index < -0.39 is 9.04 Å². The molecule has 0 aromatic carbocycles. The van der Waals surface area contributed by atoms with Crippen molar-refractivity contribution in [1.82, 2.24) is 0 Å². The Morgan fingerprint density at radius 3 is 2.29 bits per heavy atom. The zero-order valence-electron chi connectivity index (χ0n) is 9.11. The number of Topliss-reactive ketones (excluding diaryl/α,β-unsaturated/α-hetero) is 1. The lowest BCUT2D eigenvalue weighted by atomic mass is 10.3. The number of carbonyl (C=O) groups is 1. The molecule has 0 fully saturated rings. The lowest BCUT2D eigenvalue weighted by Gasteiger charge is -2.25. The highest BCUT2D eigenvalue weighted by Crippen LogP contribution is 2.34. The molecule has 1 aliphatic rings. The molecule has 1 aliphatic carbocycles. The standard InChI is InChI=1S/C10H16BrO2Si/c1-10(2,3)14(4)13-9-7(11)5-6-8(9)12/h5-6H2,1-4H3. The van der Waals surface area contributed by atoms with Crippen molar-refractivity contribution in [3.8, 4) is 0 Å². The summed E-state index contributed by atoms with van der Waals surface area (Å²) in [6, 6.07) is 0. The number of rotatable bonds is 2. The SMILES string of the molecule is C[Si](OC1=C(Br)CCC1=O)C(C)(C)C. The van der Waals surface area contributed by atoms with Crippen LogP contribution in [-0.4, -0.2) is 14.8 Å². The Morgan fingerprint density at radius 1 is 1.36 bits per heavy atom. The summed E-state index contributed by atoms with van der Waals surface area (Å²) in [5, 5.41) is 0.161. The van der Waals surface area contributed by atoms with Gasteiger partial charge in [-0.25, -0.2) is 0 Å². The number of allylic oxidation sites excluding steroid dienone is 2. The number of hydrogen-bond acceptors (Lipinski definition) is 2. The first kappa shape index (κ1) is 12.0. The summed E-state index contributed by atoms with van der Waals surface area (Å²) in [4.78, 5) is 11.5. The van der Waals surface area contributed by atoms with E-state index in [-0.39, 0.29) is 10.8 Å². The minimum absolute atomic E-state index is 0.144. The zero-order chi connectivity index (χ0) is 10.9. The summed E-state index contributed by atoms with van der Waals surface area (Å²) in [5.74, 6) is 0.724. The highest BCUT2D eigenvalue weighted by atomic mass is 79.9. The van der Waals surface area contributed by atoms with Gasteiger partial charge in [0.15, 0.2) is 11.5 Å². The van der Waals surface area contributed by atoms with Gasteiger partial charge < -0.3 is 4.43 Å². The van der Waals surface area contributed by atoms with Crippen LogP contribution in [0.4, 0.5) is 0 Å². The van der Waals surface area contributed by atoms with Gasteiger partial charge in [-0.05, 0) is 18.0 Å². The molecule has 0 unspecified atom stereocenters. The van der Waals surface area contributed by atoms with Crippen LogP contribution in [0.3, 0.4) is 0 Å². The van der Waals surface area contributed by atoms with Crippen LogP contribution in [0.1, 0.15) is 33.6 Å². The Bertz CT molecular complexity index is 278. The van der Waals surface area contributed by atoms with Gasteiger partial charge in [0, 0.05) is 10.9 Å². The molecule has 79 valence electrons. The van der Waals surface area contributed by atoms with Crippen molar-refractivity contribution in [2.75, 3.05) is 0 Å². The fourth-order valence-corrected chi connectivity index (χ4v) is 2.52. The quantitative estimate of drug-likeness (QED) is 0.723. The van der Waals surface area contributed by atoms with Crippen molar-refractivity contribution in [1.29, 1.82) is 0 Å². The van der Waals surface area contributed by atoms with E-state index in [0.29, 0.717) is 12.2 Å². The summed E-state index contributed by atoms with van der Waals surface area (Å²) in [6.45, 7) is 8.54. The predicted octanol–water partition coefficient (Wildman–Crippen LogP) is 3.39. The Morgan fingerprint density at radius 2 is 1.93 bits per heavy atom. The summed E-state index contributed by atoms with van der Waals surface area (Å²) in [6.07, 6.45) is 1.39. The van der Waals surface area contributed by atoms with E-state index in [2.05, 4.69) is 43.2 Å². The zero-order valence-corrected chi connectivity index (χ0v) is 11.7. The molecule has 2 nitrogen and oxygen atoms in total. The van der Waals surface area contributed by atoms with Crippen molar-refractivity contribution in [2.45, 2.75) is 45.2 Å². The maximum atomic E-state index is 11.5. The first-order valence-electron chi connectivity index (χ1n) is 4.76. The highest BCUT2D eigenvalue weighted by molar-refractivity contribution is 9.11. The van der Waals surface area contributed by atoms with Crippen molar-refractivity contribution >= 4 is 30.8 Å². The third-order valence-electron chi connectivity index (χ3n) is 2.38. The first-order chi connectivity index (χ1) is 6.32. The Balaban J connectivity index is 2.69. The molecule has 14 heavy (non-hydrogen) atoms. The maximum Gasteiger partial charge on any atom is 0.283 e. The van der Waals surface area contributed by atoms with Gasteiger partial charge in [-0.3, -0.25) is 4.79 Å². The van der Waals surface area contributed by atoms with E-state index in [1.54, 1.807) is 0 Å². The second-order valence-electron chi connectivity index (χ2n) is 4.57. The van der Waals surface area contributed by atoms with Crippen LogP contribution in [0, 0.1) is 0 Å². The minimum atomic E-state index is -0.962. The lowest BCUT2D eigenvalue weighted by molar-refractivity contribution is -0.116. The van der Waals surface area contributed by atoms with E-state index >= 15 is 0 Å². The molecule has 1 rings (SSSR count). The van der Waals surface area contributed by atoms with Crippen LogP contribution in [-0.2, 0) is 9.22 Å². The Kier molecular flexibility index (Phi) is 3.58. The molecule has 0 spiro atoms. The van der Waals surface area contributed by atoms with E-state index in [9.17, 15) is 4.79 Å². The van der Waals surface area contributed by atoms with Gasteiger partial charge in [0.05, 0.1) is 0 Å². The van der Waals surface area contributed by atoms with Crippen LogP contribution >= 0.6 is 15.9 Å². The number of hydrogen-bond donors (Lipinski definition) is 0. The molecule has 1 radical (unpaired) electrons. The largest absolute Gasteiger partial charge is 0.539 e. The monoisotopic (exact) mass is 275 g/mol. The van der Waals surface area contributed by atoms with Crippen molar-refractivity contribution in [3.63, 3.8) is 0 Å². The topological polar surface area (TPSA) is 26.3 Å². The first-order valence-corrected chi connectivity index (χ1v) is 7.46. The third kappa shape index (κ3) is 2.70. The van der Waals surface area contributed by atoms with E-state index in [0.717, 1.165) is 10.9 Å². The van der Waals surface area contributed by atoms with Gasteiger partial charge in [0.25, 0.3) is 9.04 Å². The molecule has 4 heteroatoms. The predicted molar refractivity (Wildman–Crippen MR) is 62.6 cm³/mol. The summed E-state index contributed by atoms with van der Waals surface area (Å²) in [7, 11) is -0.962. The molecule has 0 aromatic heterocycles. The molecule has 0 N–H and O–H groups in total. The summed E-state index contributed by atoms with van der Waals surface area (Å²) >= 11 is 3.39. The average molecular weight is 276 g/mol. The molecule has 0 saturated carbocycles. The van der Waals surface area contributed by atoms with Crippen LogP contribution in [0.5, 0.6) is 0 Å². The van der Waals surface area contributed by atoms with E-state index in [4.69, 9.17) is 4.43 Å². The van der Waals surface area contributed by atoms with Crippen LogP contribution in [0.2, 0.25) is 11.6 Å². The van der Waals surface area contributed by atoms with E-state index in [1.165, 1.54) is 0 Å². The molecular formula is C10H16BrO2Si. The van der Waals surface area contributed by atoms with Gasteiger partial charge in [-0.2, -0.15) is 0 Å². The fourth-order valence-electron chi connectivity index (χ4n) is 1.02. The van der Waals surface area contributed by atoms with Gasteiger partial charge in [0.1, 0.15) is 0 Å². The molecule has 0 saturated heterocycles. The van der Waals surface area contributed by atoms with Crippen molar-refractivity contribution in [2.24, 2.45) is 0 Å². The maximum absolute atomic E-state index is 11.5. The molecular weight excluding hydrogens is 260 g/mol. The van der Waals surface area contributed by atoms with Gasteiger partial charge in [0.2, 0.25) is 0 Å². The molecule has 0 amide bonds. The molecule has 0 heterocycles. The van der Waals surface area contributed by atoms with Crippen molar-refractivity contribution in [3.05, 3.63) is 10.2 Å². The van der Waals surface area contributed by atoms with Crippen LogP contribution in [0.25, 0.3) is 0 Å². The van der Waals surface area contributed by atoms with Gasteiger partial charge in [-0.1, -0.05) is 36.7 Å². The lowest BCUT2D eigenvalue weighted by Crippen LogP contribution is -2.26. The second kappa shape index (κ2) is 4.19. The van der Waals surface area contributed by atoms with E-state index in [1.807, 2.05) is 0 Å². The Labute approximate surface area is 95.6 Å². The van der Waals surface area contributed by atoms with Crippen LogP contribution < -0.4 is 0 Å². The smallest absolute Gasteiger partial charge is 0.283 e. The molecule has 0 aromatic rings. The van der Waals surface area contributed by atoms with Crippen LogP contribution in [0.15, 0.2) is 10.2 Å². The third-order valence-corrected chi connectivity index (χ3v) is 5.76. The molecule has 0 aliphatic heterocycles. The normalized spacial score (nSPS) is 18.3. The fraction of sp³-hybridized carbons (Fsp3) is 0.700. The Hall–Kier alpha value is -0.0931. The average Bonchev–Trinajstić information content (AvgIpc) is 2.34. The number of ketones is 1. The summed E-state index contributed by atoms with van der Waals surface area (Å²) in [5.41, 5.74) is 0. The molecule has 0 atom stereocenters.